The van der Waals surface area contributed by atoms with Gasteiger partial charge in [-0.2, -0.15) is 0 Å². The number of allylic oxidation sites excluding steroid dienone is 8. The molecule has 0 N–H and O–H groups in total. The molecule has 2 aliphatic rings. The predicted molar refractivity (Wildman–Crippen MR) is 308 cm³/mol. The van der Waals surface area contributed by atoms with Gasteiger partial charge in [0.05, 0.1) is 27.8 Å². The van der Waals surface area contributed by atoms with Crippen LogP contribution in [-0.2, 0) is 0 Å². The fourth-order valence-electron chi connectivity index (χ4n) is 11.5. The van der Waals surface area contributed by atoms with E-state index < -0.39 is 0 Å². The van der Waals surface area contributed by atoms with Crippen molar-refractivity contribution in [1.82, 2.24) is 24.1 Å². The molecule has 1 atom stereocenters. The van der Waals surface area contributed by atoms with Crippen molar-refractivity contribution in [3.63, 3.8) is 0 Å². The molecule has 2 aliphatic carbocycles. The number of hydrogen-bond donors (Lipinski definition) is 0. The minimum Gasteiger partial charge on any atom is -0.309 e. The van der Waals surface area contributed by atoms with Crippen molar-refractivity contribution in [2.75, 3.05) is 0 Å². The summed E-state index contributed by atoms with van der Waals surface area (Å²) >= 11 is 0. The summed E-state index contributed by atoms with van der Waals surface area (Å²) in [4.78, 5) is 16.4. The number of para-hydroxylation sites is 3. The zero-order valence-corrected chi connectivity index (χ0v) is 40.7. The Kier molecular flexibility index (Phi) is 10.7. The molecule has 0 amide bonds. The van der Waals surface area contributed by atoms with Gasteiger partial charge in [0.15, 0.2) is 11.6 Å². The lowest BCUT2D eigenvalue weighted by molar-refractivity contribution is 0.764. The molecule has 9 aromatic carbocycles. The molecule has 350 valence electrons. The number of fused-ring (bicyclic) bond motifs is 7. The average Bonchev–Trinajstić information content (AvgIpc) is 4.01. The quantitative estimate of drug-likeness (QED) is 0.145. The van der Waals surface area contributed by atoms with Crippen molar-refractivity contribution in [2.45, 2.75) is 25.2 Å². The van der Waals surface area contributed by atoms with Gasteiger partial charge in [-0.1, -0.05) is 188 Å². The molecule has 14 rings (SSSR count). The van der Waals surface area contributed by atoms with Crippen LogP contribution in [0.3, 0.4) is 0 Å². The molecule has 0 saturated carbocycles. The van der Waals surface area contributed by atoms with Crippen LogP contribution < -0.4 is 0 Å². The largest absolute Gasteiger partial charge is 0.309 e. The van der Waals surface area contributed by atoms with Gasteiger partial charge >= 0.3 is 0 Å². The van der Waals surface area contributed by atoms with Crippen LogP contribution in [0.4, 0.5) is 0 Å². The Morgan fingerprint density at radius 1 is 0.392 bits per heavy atom. The Labute approximate surface area is 430 Å². The Morgan fingerprint density at radius 3 is 1.51 bits per heavy atom. The highest BCUT2D eigenvalue weighted by atomic mass is 15.0. The summed E-state index contributed by atoms with van der Waals surface area (Å²) in [5.74, 6) is 2.04. The van der Waals surface area contributed by atoms with Crippen LogP contribution in [0.1, 0.15) is 36.6 Å². The van der Waals surface area contributed by atoms with Crippen molar-refractivity contribution in [3.05, 3.63) is 266 Å². The smallest absolute Gasteiger partial charge is 0.163 e. The van der Waals surface area contributed by atoms with Crippen LogP contribution in [0, 0.1) is 0 Å². The van der Waals surface area contributed by atoms with Crippen LogP contribution in [0.5, 0.6) is 0 Å². The second kappa shape index (κ2) is 18.3. The Bertz CT molecular complexity index is 4190. The first kappa shape index (κ1) is 43.3. The van der Waals surface area contributed by atoms with Crippen molar-refractivity contribution in [1.29, 1.82) is 0 Å². The van der Waals surface area contributed by atoms with E-state index >= 15 is 0 Å². The minimum atomic E-state index is -0.00722. The van der Waals surface area contributed by atoms with Crippen molar-refractivity contribution < 1.29 is 0 Å². The standard InChI is InChI=1S/C69H49N5/c1-7-23-46(24-8-1)51-41-52(47-25-9-2-10-26-47)43-53(42-51)68-70-67(50-31-15-5-16-32-50)71-69(72-68)54-44-58(48-27-11-3-12-28-48)66(59(45-54)49-29-13-4-14-30-49)74-61-38-22-20-36-57(61)65-63(74)40-39-62-64(65)56-35-19-21-37-60(56)73(62)55-33-17-6-18-34-55/h1-9,11-25,27-31,33-45,50H,10,26,32H2. The molecule has 1 unspecified atom stereocenters. The predicted octanol–water partition coefficient (Wildman–Crippen LogP) is 17.7. The summed E-state index contributed by atoms with van der Waals surface area (Å²) < 4.78 is 4.93. The molecule has 0 spiro atoms. The van der Waals surface area contributed by atoms with Crippen LogP contribution in [0.15, 0.2) is 255 Å². The lowest BCUT2D eigenvalue weighted by Gasteiger charge is -2.21. The second-order valence-electron chi connectivity index (χ2n) is 19.4. The Hall–Kier alpha value is -9.45. The van der Waals surface area contributed by atoms with Gasteiger partial charge in [-0.3, -0.25) is 0 Å². The van der Waals surface area contributed by atoms with E-state index in [0.29, 0.717) is 11.6 Å². The first-order chi connectivity index (χ1) is 36.7. The maximum Gasteiger partial charge on any atom is 0.163 e. The molecular weight excluding hydrogens is 899 g/mol. The third-order valence-corrected chi connectivity index (χ3v) is 14.9. The fraction of sp³-hybridized carbons (Fsp3) is 0.0580. The molecule has 3 aromatic heterocycles. The molecule has 5 heteroatoms. The third kappa shape index (κ3) is 7.52. The highest BCUT2D eigenvalue weighted by Gasteiger charge is 2.26. The van der Waals surface area contributed by atoms with E-state index in [1.165, 1.54) is 43.7 Å². The lowest BCUT2D eigenvalue weighted by Crippen LogP contribution is -2.09. The molecule has 0 fully saturated rings. The number of benzene rings is 9. The van der Waals surface area contributed by atoms with Crippen molar-refractivity contribution in [2.24, 2.45) is 0 Å². The van der Waals surface area contributed by atoms with Crippen LogP contribution >= 0.6 is 0 Å². The molecule has 5 nitrogen and oxygen atoms in total. The van der Waals surface area contributed by atoms with Crippen LogP contribution in [0.2, 0.25) is 0 Å². The highest BCUT2D eigenvalue weighted by Crippen LogP contribution is 2.47. The van der Waals surface area contributed by atoms with Gasteiger partial charge in [-0.05, 0) is 119 Å². The van der Waals surface area contributed by atoms with E-state index in [-0.39, 0.29) is 5.92 Å². The first-order valence-corrected chi connectivity index (χ1v) is 25.7. The summed E-state index contributed by atoms with van der Waals surface area (Å²) in [5.41, 5.74) is 17.9. The number of rotatable bonds is 9. The molecule has 12 aromatic rings. The van der Waals surface area contributed by atoms with E-state index in [9.17, 15) is 0 Å². The minimum absolute atomic E-state index is 0.00722. The first-order valence-electron chi connectivity index (χ1n) is 25.7. The van der Waals surface area contributed by atoms with Gasteiger partial charge in [-0.25, -0.2) is 15.0 Å². The maximum atomic E-state index is 5.54. The SMILES string of the molecule is C1=CCCC(c2cc(-c3ccccc3)cc(-c3nc(-c4cc(-c5ccccc5)c(-n5c6ccccc6c6c7c8ccccc8n(-c8ccccc8)c7ccc65)c(-c5ccccc5)c4)nc(C4C=CC=CC4)n3)c2)=C1. The fourth-order valence-corrected chi connectivity index (χ4v) is 11.5. The van der Waals surface area contributed by atoms with Gasteiger partial charge in [0, 0.05) is 55.4 Å². The van der Waals surface area contributed by atoms with Crippen molar-refractivity contribution in [3.8, 4) is 67.5 Å². The van der Waals surface area contributed by atoms with E-state index in [1.807, 2.05) is 0 Å². The zero-order valence-electron chi connectivity index (χ0n) is 40.7. The molecule has 0 radical (unpaired) electrons. The normalized spacial score (nSPS) is 14.4. The third-order valence-electron chi connectivity index (χ3n) is 14.9. The summed E-state index contributed by atoms with van der Waals surface area (Å²) in [7, 11) is 0. The zero-order chi connectivity index (χ0) is 49.0. The molecule has 0 aliphatic heterocycles. The van der Waals surface area contributed by atoms with E-state index in [0.717, 1.165) is 92.0 Å². The highest BCUT2D eigenvalue weighted by molar-refractivity contribution is 6.29. The van der Waals surface area contributed by atoms with Crippen molar-refractivity contribution >= 4 is 49.2 Å². The molecule has 0 bridgehead atoms. The molecule has 0 saturated heterocycles. The van der Waals surface area contributed by atoms with Gasteiger partial charge < -0.3 is 9.13 Å². The second-order valence-corrected chi connectivity index (χ2v) is 19.4. The summed E-state index contributed by atoms with van der Waals surface area (Å²) in [6.45, 7) is 0. The van der Waals surface area contributed by atoms with Gasteiger partial charge in [0.25, 0.3) is 0 Å². The Morgan fingerprint density at radius 2 is 0.919 bits per heavy atom. The monoisotopic (exact) mass is 947 g/mol. The molecule has 74 heavy (non-hydrogen) atoms. The number of nitrogens with zero attached hydrogens (tertiary/aromatic N) is 5. The Balaban J connectivity index is 1.06. The van der Waals surface area contributed by atoms with Crippen LogP contribution in [-0.4, -0.2) is 24.1 Å². The van der Waals surface area contributed by atoms with Gasteiger partial charge in [0.1, 0.15) is 5.82 Å². The summed E-state index contributed by atoms with van der Waals surface area (Å²) in [5, 5.41) is 4.89. The van der Waals surface area contributed by atoms with E-state index in [4.69, 9.17) is 15.0 Å². The summed E-state index contributed by atoms with van der Waals surface area (Å²) in [6, 6.07) is 76.9. The molecule has 3 heterocycles. The van der Waals surface area contributed by atoms with Crippen LogP contribution in [0.25, 0.3) is 117 Å². The number of hydrogen-bond acceptors (Lipinski definition) is 3. The lowest BCUT2D eigenvalue weighted by atomic mass is 9.91. The average molecular weight is 948 g/mol. The maximum absolute atomic E-state index is 5.54. The van der Waals surface area contributed by atoms with Gasteiger partial charge in [0.2, 0.25) is 0 Å². The molecular formula is C69H49N5. The topological polar surface area (TPSA) is 48.5 Å². The summed E-state index contributed by atoms with van der Waals surface area (Å²) in [6.07, 6.45) is 18.1. The number of aromatic nitrogens is 5. The van der Waals surface area contributed by atoms with E-state index in [1.54, 1.807) is 0 Å². The van der Waals surface area contributed by atoms with Gasteiger partial charge in [-0.15, -0.1) is 0 Å². The van der Waals surface area contributed by atoms with E-state index in [2.05, 4.69) is 264 Å².